The quantitative estimate of drug-likeness (QED) is 0.316. The van der Waals surface area contributed by atoms with Crippen LogP contribution in [0.1, 0.15) is 20.8 Å². The standard InChI is InChI=1S/C6H15IN/c1-4-7-8(5-2)6-3/h4-6H2,1-3H3/q-1. The average Bonchev–Trinajstić information content (AvgIpc) is 1.83. The van der Waals surface area contributed by atoms with Crippen LogP contribution in [0.5, 0.6) is 0 Å². The van der Waals surface area contributed by atoms with Crippen molar-refractivity contribution in [3.8, 4) is 0 Å². The van der Waals surface area contributed by atoms with Crippen molar-refractivity contribution in [3.05, 3.63) is 0 Å². The number of halogens is 1. The minimum absolute atomic E-state index is 0.395. The van der Waals surface area contributed by atoms with Crippen molar-refractivity contribution in [2.24, 2.45) is 0 Å². The predicted octanol–water partition coefficient (Wildman–Crippen LogP) is -1.65. The molecule has 0 aliphatic heterocycles. The summed E-state index contributed by atoms with van der Waals surface area (Å²) in [5, 5.41) is 0. The molecule has 2 heteroatoms. The normalized spacial score (nSPS) is 11.0. The first kappa shape index (κ1) is 8.69. The van der Waals surface area contributed by atoms with Crippen molar-refractivity contribution in [1.82, 2.24) is 3.11 Å². The second kappa shape index (κ2) is 5.82. The summed E-state index contributed by atoms with van der Waals surface area (Å²) >= 11 is 0.395. The molecule has 0 heterocycles. The van der Waals surface area contributed by atoms with Crippen LogP contribution >= 0.6 is 0 Å². The Bertz CT molecular complexity index is 43.8. The molecule has 0 saturated heterocycles. The summed E-state index contributed by atoms with van der Waals surface area (Å²) in [5.74, 6) is 0. The first-order chi connectivity index (χ1) is 3.85. The maximum absolute atomic E-state index is 2.54. The van der Waals surface area contributed by atoms with Gasteiger partial charge in [-0.05, 0) is 0 Å². The van der Waals surface area contributed by atoms with E-state index in [0.717, 1.165) is 0 Å². The van der Waals surface area contributed by atoms with Crippen molar-refractivity contribution >= 4 is 0 Å². The summed E-state index contributed by atoms with van der Waals surface area (Å²) < 4.78 is 3.93. The van der Waals surface area contributed by atoms with E-state index in [0.29, 0.717) is 21.5 Å². The maximum atomic E-state index is 2.54. The second-order valence-electron chi connectivity index (χ2n) is 1.48. The van der Waals surface area contributed by atoms with Gasteiger partial charge >= 0.3 is 62.9 Å². The third-order valence-corrected chi connectivity index (χ3v) is 3.99. The molecule has 0 rings (SSSR count). The Balaban J connectivity index is 3.07. The van der Waals surface area contributed by atoms with E-state index in [-0.39, 0.29) is 0 Å². The summed E-state index contributed by atoms with van der Waals surface area (Å²) in [4.78, 5) is 0. The molecule has 0 bridgehead atoms. The molecule has 0 radical (unpaired) electrons. The van der Waals surface area contributed by atoms with E-state index in [1.807, 2.05) is 0 Å². The molecule has 52 valence electrons. The van der Waals surface area contributed by atoms with Crippen molar-refractivity contribution < 1.29 is 21.5 Å². The number of alkyl halides is 1. The fraction of sp³-hybridized carbons (Fsp3) is 1.00. The van der Waals surface area contributed by atoms with Gasteiger partial charge in [-0.2, -0.15) is 0 Å². The zero-order valence-electron chi connectivity index (χ0n) is 5.95. The Morgan fingerprint density at radius 3 is 1.75 bits per heavy atom. The fourth-order valence-electron chi connectivity index (χ4n) is 0.562. The molecule has 0 spiro atoms. The van der Waals surface area contributed by atoms with E-state index in [1.54, 1.807) is 0 Å². The van der Waals surface area contributed by atoms with Crippen LogP contribution in [-0.2, 0) is 0 Å². The van der Waals surface area contributed by atoms with Crippen LogP contribution in [0.4, 0.5) is 0 Å². The molecule has 0 saturated carbocycles. The first-order valence-electron chi connectivity index (χ1n) is 3.19. The summed E-state index contributed by atoms with van der Waals surface area (Å²) in [5.41, 5.74) is 0. The van der Waals surface area contributed by atoms with Gasteiger partial charge < -0.3 is 0 Å². The number of rotatable bonds is 4. The van der Waals surface area contributed by atoms with Crippen molar-refractivity contribution in [2.45, 2.75) is 20.8 Å². The molecule has 0 N–H and O–H groups in total. The molecule has 0 aromatic carbocycles. The van der Waals surface area contributed by atoms with Gasteiger partial charge in [-0.15, -0.1) is 0 Å². The van der Waals surface area contributed by atoms with E-state index in [2.05, 4.69) is 23.9 Å². The van der Waals surface area contributed by atoms with Crippen molar-refractivity contribution in [3.63, 3.8) is 0 Å². The number of nitrogens with zero attached hydrogens (tertiary/aromatic N) is 1. The van der Waals surface area contributed by atoms with Crippen LogP contribution in [-0.4, -0.2) is 20.6 Å². The minimum atomic E-state index is 0.395. The molecule has 0 aliphatic carbocycles. The molecular formula is C6H15IN-. The molecule has 0 aliphatic rings. The Morgan fingerprint density at radius 2 is 1.62 bits per heavy atom. The fourth-order valence-corrected chi connectivity index (χ4v) is 2.49. The van der Waals surface area contributed by atoms with Crippen LogP contribution < -0.4 is 21.5 Å². The molecule has 0 fully saturated rings. The first-order valence-corrected chi connectivity index (χ1v) is 5.68. The van der Waals surface area contributed by atoms with Gasteiger partial charge in [-0.25, -0.2) is 0 Å². The molecule has 0 unspecified atom stereocenters. The van der Waals surface area contributed by atoms with E-state index in [9.17, 15) is 0 Å². The third kappa shape index (κ3) is 3.66. The molecule has 0 amide bonds. The van der Waals surface area contributed by atoms with Gasteiger partial charge in [-0.3, -0.25) is 0 Å². The molecule has 8 heavy (non-hydrogen) atoms. The SMILES string of the molecule is CC[I-]N(CC)CC. The van der Waals surface area contributed by atoms with Crippen LogP contribution in [0.3, 0.4) is 0 Å². The summed E-state index contributed by atoms with van der Waals surface area (Å²) in [7, 11) is 0. The van der Waals surface area contributed by atoms with Gasteiger partial charge in [0.2, 0.25) is 0 Å². The molecule has 0 aromatic heterocycles. The number of hydrogen-bond acceptors (Lipinski definition) is 1. The molecule has 1 nitrogen and oxygen atoms in total. The Labute approximate surface area is 63.1 Å². The van der Waals surface area contributed by atoms with Crippen molar-refractivity contribution in [2.75, 3.05) is 17.5 Å². The predicted molar refractivity (Wildman–Crippen MR) is 33.5 cm³/mol. The summed E-state index contributed by atoms with van der Waals surface area (Å²) in [6.07, 6.45) is 0. The van der Waals surface area contributed by atoms with Gasteiger partial charge in [0.15, 0.2) is 0 Å². The van der Waals surface area contributed by atoms with Gasteiger partial charge in [-0.1, -0.05) is 0 Å². The Hall–Kier alpha value is 0.690. The summed E-state index contributed by atoms with van der Waals surface area (Å²) in [6.45, 7) is 9.23. The van der Waals surface area contributed by atoms with Crippen LogP contribution in [0, 0.1) is 0 Å². The zero-order valence-corrected chi connectivity index (χ0v) is 8.10. The van der Waals surface area contributed by atoms with E-state index >= 15 is 0 Å². The molecular weight excluding hydrogens is 213 g/mol. The zero-order chi connectivity index (χ0) is 6.41. The van der Waals surface area contributed by atoms with Gasteiger partial charge in [0.1, 0.15) is 0 Å². The second-order valence-corrected chi connectivity index (χ2v) is 5.05. The molecule has 0 aromatic rings. The van der Waals surface area contributed by atoms with E-state index in [4.69, 9.17) is 0 Å². The van der Waals surface area contributed by atoms with Gasteiger partial charge in [0, 0.05) is 0 Å². The number of hydrogen-bond donors (Lipinski definition) is 0. The van der Waals surface area contributed by atoms with Gasteiger partial charge in [0.05, 0.1) is 0 Å². The topological polar surface area (TPSA) is 3.24 Å². The van der Waals surface area contributed by atoms with E-state index in [1.165, 1.54) is 17.5 Å². The van der Waals surface area contributed by atoms with E-state index < -0.39 is 0 Å². The van der Waals surface area contributed by atoms with Crippen LogP contribution in [0.15, 0.2) is 0 Å². The molecule has 0 atom stereocenters. The van der Waals surface area contributed by atoms with Crippen LogP contribution in [0.25, 0.3) is 0 Å². The Kier molecular flexibility index (Phi) is 6.32. The average molecular weight is 228 g/mol. The summed E-state index contributed by atoms with van der Waals surface area (Å²) in [6, 6.07) is 0. The Morgan fingerprint density at radius 1 is 1.12 bits per heavy atom. The van der Waals surface area contributed by atoms with Gasteiger partial charge in [0.25, 0.3) is 0 Å². The van der Waals surface area contributed by atoms with Crippen molar-refractivity contribution in [1.29, 1.82) is 0 Å². The van der Waals surface area contributed by atoms with Crippen LogP contribution in [0.2, 0.25) is 0 Å². The monoisotopic (exact) mass is 228 g/mol. The third-order valence-electron chi connectivity index (χ3n) is 0.975.